The average molecular weight is 477 g/mol. The van der Waals surface area contributed by atoms with Crippen LogP contribution in [0.1, 0.15) is 35.9 Å². The van der Waals surface area contributed by atoms with Crippen LogP contribution in [0.3, 0.4) is 0 Å². The Morgan fingerprint density at radius 1 is 1.06 bits per heavy atom. The number of ether oxygens (including phenoxy) is 1. The van der Waals surface area contributed by atoms with E-state index in [9.17, 15) is 13.6 Å². The van der Waals surface area contributed by atoms with Crippen molar-refractivity contribution in [1.82, 2.24) is 34.8 Å². The van der Waals surface area contributed by atoms with Gasteiger partial charge in [0, 0.05) is 23.9 Å². The van der Waals surface area contributed by atoms with Gasteiger partial charge in [0.1, 0.15) is 11.8 Å². The molecular formula is C24H21F2N7O2. The number of aromatic nitrogens is 6. The van der Waals surface area contributed by atoms with E-state index in [1.807, 2.05) is 24.8 Å². The zero-order chi connectivity index (χ0) is 24.3. The van der Waals surface area contributed by atoms with E-state index in [0.717, 1.165) is 25.0 Å². The number of carbonyl (C=O) groups excluding carboxylic acids is 1. The molecule has 9 nitrogen and oxygen atoms in total. The number of hydrogen-bond acceptors (Lipinski definition) is 7. The number of hydrogen-bond donors (Lipinski definition) is 0. The van der Waals surface area contributed by atoms with Crippen LogP contribution in [-0.4, -0.2) is 58.9 Å². The molecule has 3 aromatic heterocycles. The zero-order valence-electron chi connectivity index (χ0n) is 19.0. The van der Waals surface area contributed by atoms with Gasteiger partial charge in [-0.05, 0) is 44.7 Å². The number of amides is 1. The number of rotatable bonds is 4. The van der Waals surface area contributed by atoms with Crippen LogP contribution >= 0.6 is 0 Å². The standard InChI is InChI=1S/C24H21F2N7O2/c1-12-3-4-19(33-28-5-6-29-33)23(30-12)24(34)32-13(2)14-7-20(32)21(8-14)35-22-11-27-17-9-15(25)16(26)10-18(17)31-22/h3-6,9-11,13-14,20-21H,7-8H2,1-2H3. The highest BCUT2D eigenvalue weighted by molar-refractivity contribution is 5.96. The molecule has 1 saturated heterocycles. The molecule has 178 valence electrons. The maximum atomic E-state index is 13.8. The first-order chi connectivity index (χ1) is 16.9. The van der Waals surface area contributed by atoms with Crippen molar-refractivity contribution < 1.29 is 18.3 Å². The highest BCUT2D eigenvalue weighted by atomic mass is 19.2. The largest absolute Gasteiger partial charge is 0.471 e. The van der Waals surface area contributed by atoms with Gasteiger partial charge in [-0.3, -0.25) is 4.79 Å². The van der Waals surface area contributed by atoms with Gasteiger partial charge >= 0.3 is 0 Å². The SMILES string of the molecule is Cc1ccc(-n2nccn2)c(C(=O)N2C(C)C3CC(Oc4cnc5cc(F)c(F)cc5n4)C2C3)n1. The molecule has 0 radical (unpaired) electrons. The molecule has 2 aliphatic rings. The molecule has 1 aliphatic carbocycles. The maximum absolute atomic E-state index is 13.8. The van der Waals surface area contributed by atoms with Crippen molar-refractivity contribution in [3.63, 3.8) is 0 Å². The van der Waals surface area contributed by atoms with Gasteiger partial charge in [0.15, 0.2) is 17.3 Å². The highest BCUT2D eigenvalue weighted by Crippen LogP contribution is 2.44. The van der Waals surface area contributed by atoms with Gasteiger partial charge in [0.05, 0.1) is 35.7 Å². The molecule has 4 atom stereocenters. The molecule has 4 unspecified atom stereocenters. The molecular weight excluding hydrogens is 456 g/mol. The Morgan fingerprint density at radius 3 is 2.54 bits per heavy atom. The summed E-state index contributed by atoms with van der Waals surface area (Å²) in [6.45, 7) is 3.86. The molecule has 11 heteroatoms. The van der Waals surface area contributed by atoms with Crippen molar-refractivity contribution in [2.45, 2.75) is 44.9 Å². The number of likely N-dealkylation sites (tertiary alicyclic amines) is 1. The van der Waals surface area contributed by atoms with Crippen LogP contribution in [0.2, 0.25) is 0 Å². The van der Waals surface area contributed by atoms with Crippen LogP contribution in [0.25, 0.3) is 16.7 Å². The van der Waals surface area contributed by atoms with Crippen LogP contribution in [-0.2, 0) is 0 Å². The monoisotopic (exact) mass is 477 g/mol. The second kappa shape index (κ2) is 8.03. The molecule has 2 bridgehead atoms. The number of carbonyl (C=O) groups is 1. The normalized spacial score (nSPS) is 23.3. The summed E-state index contributed by atoms with van der Waals surface area (Å²) in [4.78, 5) is 30.0. The summed E-state index contributed by atoms with van der Waals surface area (Å²) in [5.41, 5.74) is 1.94. The first kappa shape index (κ1) is 21.5. The Morgan fingerprint density at radius 2 is 1.80 bits per heavy atom. The number of halogens is 2. The number of benzene rings is 1. The fourth-order valence-corrected chi connectivity index (χ4v) is 5.23. The predicted molar refractivity (Wildman–Crippen MR) is 120 cm³/mol. The second-order valence-corrected chi connectivity index (χ2v) is 9.01. The number of nitrogens with zero attached hydrogens (tertiary/aromatic N) is 7. The van der Waals surface area contributed by atoms with Gasteiger partial charge in [0.2, 0.25) is 5.88 Å². The van der Waals surface area contributed by atoms with E-state index in [2.05, 4.69) is 25.1 Å². The van der Waals surface area contributed by atoms with Crippen LogP contribution in [0, 0.1) is 24.5 Å². The zero-order valence-corrected chi connectivity index (χ0v) is 19.0. The molecule has 0 spiro atoms. The summed E-state index contributed by atoms with van der Waals surface area (Å²) in [7, 11) is 0. The van der Waals surface area contributed by atoms with Crippen LogP contribution in [0.4, 0.5) is 8.78 Å². The van der Waals surface area contributed by atoms with E-state index in [4.69, 9.17) is 4.74 Å². The van der Waals surface area contributed by atoms with Gasteiger partial charge in [0.25, 0.3) is 5.91 Å². The Hall–Kier alpha value is -4.02. The van der Waals surface area contributed by atoms with E-state index in [0.29, 0.717) is 11.4 Å². The third-order valence-corrected chi connectivity index (χ3v) is 6.91. The lowest BCUT2D eigenvalue weighted by Crippen LogP contribution is -2.51. The van der Waals surface area contributed by atoms with Crippen LogP contribution in [0.15, 0.2) is 42.9 Å². The number of piperidine rings is 1. The molecule has 1 amide bonds. The Kier molecular flexibility index (Phi) is 4.94. The fraction of sp³-hybridized carbons (Fsp3) is 0.333. The summed E-state index contributed by atoms with van der Waals surface area (Å²) in [5, 5.41) is 8.33. The van der Waals surface area contributed by atoms with Crippen molar-refractivity contribution in [3.05, 3.63) is 65.9 Å². The van der Waals surface area contributed by atoms with E-state index in [1.54, 1.807) is 18.5 Å². The molecule has 1 aromatic carbocycles. The Bertz CT molecular complexity index is 1450. The lowest BCUT2D eigenvalue weighted by atomic mass is 9.98. The quantitative estimate of drug-likeness (QED) is 0.445. The summed E-state index contributed by atoms with van der Waals surface area (Å²) in [6, 6.07) is 5.42. The fourth-order valence-electron chi connectivity index (χ4n) is 5.23. The number of fused-ring (bicyclic) bond motifs is 3. The van der Waals surface area contributed by atoms with Crippen molar-refractivity contribution >= 4 is 16.9 Å². The van der Waals surface area contributed by atoms with Crippen LogP contribution < -0.4 is 4.74 Å². The van der Waals surface area contributed by atoms with Crippen molar-refractivity contribution in [2.75, 3.05) is 0 Å². The molecule has 6 rings (SSSR count). The predicted octanol–water partition coefficient (Wildman–Crippen LogP) is 3.26. The minimum absolute atomic E-state index is 0.00727. The van der Waals surface area contributed by atoms with Gasteiger partial charge in [-0.2, -0.15) is 10.2 Å². The second-order valence-electron chi connectivity index (χ2n) is 9.01. The molecule has 4 aromatic rings. The highest BCUT2D eigenvalue weighted by Gasteiger charge is 2.53. The summed E-state index contributed by atoms with van der Waals surface area (Å²) < 4.78 is 33.3. The molecule has 2 fully saturated rings. The topological polar surface area (TPSA) is 98.9 Å². The van der Waals surface area contributed by atoms with Gasteiger partial charge < -0.3 is 9.64 Å². The van der Waals surface area contributed by atoms with Crippen LogP contribution in [0.5, 0.6) is 5.88 Å². The molecule has 4 heterocycles. The third kappa shape index (κ3) is 3.58. The van der Waals surface area contributed by atoms with Gasteiger partial charge in [-0.25, -0.2) is 23.7 Å². The average Bonchev–Trinajstić information content (AvgIpc) is 3.57. The van der Waals surface area contributed by atoms with E-state index in [-0.39, 0.29) is 52.6 Å². The summed E-state index contributed by atoms with van der Waals surface area (Å²) >= 11 is 0. The van der Waals surface area contributed by atoms with Crippen molar-refractivity contribution in [1.29, 1.82) is 0 Å². The van der Waals surface area contributed by atoms with Gasteiger partial charge in [-0.15, -0.1) is 4.80 Å². The lowest BCUT2D eigenvalue weighted by Gasteiger charge is -2.37. The summed E-state index contributed by atoms with van der Waals surface area (Å²) in [5.74, 6) is -1.73. The first-order valence-corrected chi connectivity index (χ1v) is 11.3. The van der Waals surface area contributed by atoms with E-state index >= 15 is 0 Å². The molecule has 1 aliphatic heterocycles. The Labute approximate surface area is 198 Å². The van der Waals surface area contributed by atoms with Crippen molar-refractivity contribution in [3.8, 4) is 11.6 Å². The smallest absolute Gasteiger partial charge is 0.275 e. The van der Waals surface area contributed by atoms with E-state index < -0.39 is 11.6 Å². The number of aryl methyl sites for hydroxylation is 1. The maximum Gasteiger partial charge on any atom is 0.275 e. The van der Waals surface area contributed by atoms with Crippen molar-refractivity contribution in [2.24, 2.45) is 5.92 Å². The lowest BCUT2D eigenvalue weighted by molar-refractivity contribution is 0.0309. The van der Waals surface area contributed by atoms with E-state index in [1.165, 1.54) is 11.0 Å². The molecule has 0 N–H and O–H groups in total. The summed E-state index contributed by atoms with van der Waals surface area (Å²) in [6.07, 6.45) is 5.71. The molecule has 35 heavy (non-hydrogen) atoms. The minimum Gasteiger partial charge on any atom is -0.471 e. The number of pyridine rings is 1. The third-order valence-electron chi connectivity index (χ3n) is 6.91. The minimum atomic E-state index is -0.998. The van der Waals surface area contributed by atoms with Gasteiger partial charge in [-0.1, -0.05) is 0 Å². The molecule has 1 saturated carbocycles. The Balaban J connectivity index is 1.29. The first-order valence-electron chi connectivity index (χ1n) is 11.3.